The van der Waals surface area contributed by atoms with Gasteiger partial charge < -0.3 is 10.6 Å². The second-order valence-electron chi connectivity index (χ2n) is 3.08. The monoisotopic (exact) mass is 174 g/mol. The van der Waals surface area contributed by atoms with Crippen molar-refractivity contribution in [2.45, 2.75) is 32.0 Å². The van der Waals surface area contributed by atoms with E-state index in [0.29, 0.717) is 19.5 Å². The topological polar surface area (TPSA) is 41.1 Å². The quantitative estimate of drug-likeness (QED) is 0.642. The van der Waals surface area contributed by atoms with Crippen molar-refractivity contribution < 1.29 is 9.18 Å². The maximum absolute atomic E-state index is 12.6. The van der Waals surface area contributed by atoms with E-state index in [1.807, 2.05) is 6.92 Å². The van der Waals surface area contributed by atoms with Crippen LogP contribution in [0.2, 0.25) is 0 Å². The number of nitrogens with one attached hydrogen (secondary N) is 2. The third-order valence-electron chi connectivity index (χ3n) is 1.94. The number of carbonyl (C=O) groups is 1. The molecule has 1 aliphatic rings. The molecule has 0 aliphatic carbocycles. The highest BCUT2D eigenvalue weighted by atomic mass is 19.1. The van der Waals surface area contributed by atoms with E-state index in [1.165, 1.54) is 0 Å². The maximum atomic E-state index is 12.6. The molecule has 0 bridgehead atoms. The zero-order valence-electron chi connectivity index (χ0n) is 7.27. The first-order valence-electron chi connectivity index (χ1n) is 4.39. The van der Waals surface area contributed by atoms with Gasteiger partial charge in [-0.15, -0.1) is 0 Å². The minimum Gasteiger partial charge on any atom is -0.355 e. The number of hydrogen-bond donors (Lipinski definition) is 2. The average molecular weight is 174 g/mol. The lowest BCUT2D eigenvalue weighted by molar-refractivity contribution is -0.122. The van der Waals surface area contributed by atoms with Crippen LogP contribution in [-0.4, -0.2) is 31.2 Å². The largest absolute Gasteiger partial charge is 0.355 e. The lowest BCUT2D eigenvalue weighted by Crippen LogP contribution is -2.40. The Kier molecular flexibility index (Phi) is 3.47. The lowest BCUT2D eigenvalue weighted by atomic mass is 10.2. The van der Waals surface area contributed by atoms with Crippen molar-refractivity contribution >= 4 is 5.91 Å². The van der Waals surface area contributed by atoms with Crippen LogP contribution in [0.15, 0.2) is 0 Å². The van der Waals surface area contributed by atoms with Crippen molar-refractivity contribution in [3.05, 3.63) is 0 Å². The lowest BCUT2D eigenvalue weighted by Gasteiger charge is -2.09. The Hall–Kier alpha value is -0.640. The van der Waals surface area contributed by atoms with E-state index in [1.54, 1.807) is 0 Å². The first-order chi connectivity index (χ1) is 5.74. The van der Waals surface area contributed by atoms with Crippen LogP contribution in [0.3, 0.4) is 0 Å². The number of halogens is 1. The van der Waals surface area contributed by atoms with Crippen LogP contribution in [0.4, 0.5) is 4.39 Å². The fourth-order valence-corrected chi connectivity index (χ4v) is 1.26. The van der Waals surface area contributed by atoms with E-state index >= 15 is 0 Å². The van der Waals surface area contributed by atoms with E-state index in [4.69, 9.17) is 0 Å². The summed E-state index contributed by atoms with van der Waals surface area (Å²) in [6.07, 6.45) is 0.370. The van der Waals surface area contributed by atoms with Gasteiger partial charge in [-0.25, -0.2) is 4.39 Å². The van der Waals surface area contributed by atoms with Gasteiger partial charge in [-0.2, -0.15) is 0 Å². The molecule has 0 aromatic carbocycles. The van der Waals surface area contributed by atoms with Gasteiger partial charge in [0.1, 0.15) is 6.17 Å². The summed E-state index contributed by atoms with van der Waals surface area (Å²) in [6, 6.07) is -0.313. The Bertz CT molecular complexity index is 163. The number of hydrogen-bond acceptors (Lipinski definition) is 2. The normalized spacial score (nSPS) is 28.8. The number of alkyl halides is 1. The summed E-state index contributed by atoms with van der Waals surface area (Å²) in [6.45, 7) is 2.97. The molecule has 2 atom stereocenters. The molecule has 0 spiro atoms. The summed E-state index contributed by atoms with van der Waals surface area (Å²) < 4.78 is 12.6. The summed E-state index contributed by atoms with van der Waals surface area (Å²) in [5, 5.41) is 5.55. The highest BCUT2D eigenvalue weighted by Gasteiger charge is 2.28. The molecule has 1 heterocycles. The predicted molar refractivity (Wildman–Crippen MR) is 44.6 cm³/mol. The summed E-state index contributed by atoms with van der Waals surface area (Å²) in [5.41, 5.74) is 0. The highest BCUT2D eigenvalue weighted by Crippen LogP contribution is 2.09. The van der Waals surface area contributed by atoms with Crippen LogP contribution < -0.4 is 10.6 Å². The maximum Gasteiger partial charge on any atom is 0.237 e. The summed E-state index contributed by atoms with van der Waals surface area (Å²) in [5.74, 6) is -0.0722. The SMILES string of the molecule is CCCNC(=O)[C@H]1C[C@@H](F)CN1. The van der Waals surface area contributed by atoms with Crippen molar-refractivity contribution in [3.8, 4) is 0 Å². The van der Waals surface area contributed by atoms with Crippen molar-refractivity contribution in [1.82, 2.24) is 10.6 Å². The van der Waals surface area contributed by atoms with Crippen molar-refractivity contribution in [2.75, 3.05) is 13.1 Å². The molecule has 0 radical (unpaired) electrons. The third-order valence-corrected chi connectivity index (χ3v) is 1.94. The summed E-state index contributed by atoms with van der Waals surface area (Å²) >= 11 is 0. The van der Waals surface area contributed by atoms with Gasteiger partial charge in [-0.3, -0.25) is 4.79 Å². The molecule has 1 fully saturated rings. The van der Waals surface area contributed by atoms with Gasteiger partial charge in [0, 0.05) is 19.5 Å². The van der Waals surface area contributed by atoms with Crippen molar-refractivity contribution in [1.29, 1.82) is 0 Å². The molecule has 3 nitrogen and oxygen atoms in total. The van der Waals surface area contributed by atoms with Crippen LogP contribution in [0, 0.1) is 0 Å². The number of rotatable bonds is 3. The summed E-state index contributed by atoms with van der Waals surface area (Å²) in [7, 11) is 0. The van der Waals surface area contributed by atoms with E-state index in [9.17, 15) is 9.18 Å². The Morgan fingerprint density at radius 1 is 1.75 bits per heavy atom. The van der Waals surface area contributed by atoms with Gasteiger partial charge in [0.2, 0.25) is 5.91 Å². The standard InChI is InChI=1S/C8H15FN2O/c1-2-3-10-8(12)7-4-6(9)5-11-7/h6-7,11H,2-5H2,1H3,(H,10,12)/t6-,7-/m1/s1. The van der Waals surface area contributed by atoms with Gasteiger partial charge >= 0.3 is 0 Å². The minimum atomic E-state index is -0.859. The van der Waals surface area contributed by atoms with Crippen LogP contribution >= 0.6 is 0 Å². The molecule has 70 valence electrons. The van der Waals surface area contributed by atoms with Crippen LogP contribution in [0.1, 0.15) is 19.8 Å². The van der Waals surface area contributed by atoms with Gasteiger partial charge in [0.25, 0.3) is 0 Å². The molecule has 1 rings (SSSR count). The van der Waals surface area contributed by atoms with Crippen molar-refractivity contribution in [2.24, 2.45) is 0 Å². The molecule has 12 heavy (non-hydrogen) atoms. The Morgan fingerprint density at radius 3 is 3.00 bits per heavy atom. The molecule has 0 aromatic rings. The average Bonchev–Trinajstić information content (AvgIpc) is 2.47. The first kappa shape index (κ1) is 9.45. The number of amides is 1. The zero-order valence-corrected chi connectivity index (χ0v) is 7.27. The highest BCUT2D eigenvalue weighted by molar-refractivity contribution is 5.82. The van der Waals surface area contributed by atoms with Gasteiger partial charge in [0.05, 0.1) is 6.04 Å². The molecule has 1 amide bonds. The molecule has 2 N–H and O–H groups in total. The molecule has 0 saturated carbocycles. The Morgan fingerprint density at radius 2 is 2.50 bits per heavy atom. The van der Waals surface area contributed by atoms with Gasteiger partial charge in [-0.1, -0.05) is 6.92 Å². The van der Waals surface area contributed by atoms with Crippen LogP contribution in [0.5, 0.6) is 0 Å². The van der Waals surface area contributed by atoms with Crippen LogP contribution in [0.25, 0.3) is 0 Å². The van der Waals surface area contributed by atoms with Gasteiger partial charge in [-0.05, 0) is 6.42 Å². The van der Waals surface area contributed by atoms with E-state index in [0.717, 1.165) is 6.42 Å². The third kappa shape index (κ3) is 2.44. The second-order valence-corrected chi connectivity index (χ2v) is 3.08. The van der Waals surface area contributed by atoms with Crippen molar-refractivity contribution in [3.63, 3.8) is 0 Å². The van der Waals surface area contributed by atoms with E-state index in [2.05, 4.69) is 10.6 Å². The molecule has 0 aromatic heterocycles. The Labute approximate surface area is 71.7 Å². The Balaban J connectivity index is 2.23. The van der Waals surface area contributed by atoms with E-state index < -0.39 is 6.17 Å². The summed E-state index contributed by atoms with van der Waals surface area (Å²) in [4.78, 5) is 11.2. The fraction of sp³-hybridized carbons (Fsp3) is 0.875. The molecular weight excluding hydrogens is 159 g/mol. The zero-order chi connectivity index (χ0) is 8.97. The molecule has 1 saturated heterocycles. The molecule has 1 aliphatic heterocycles. The molecule has 4 heteroatoms. The first-order valence-corrected chi connectivity index (χ1v) is 4.39. The minimum absolute atomic E-state index is 0.0722. The predicted octanol–water partition coefficient (Wildman–Crippen LogP) is 0.213. The smallest absolute Gasteiger partial charge is 0.237 e. The van der Waals surface area contributed by atoms with Crippen LogP contribution in [-0.2, 0) is 4.79 Å². The second kappa shape index (κ2) is 4.40. The molecular formula is C8H15FN2O. The van der Waals surface area contributed by atoms with Gasteiger partial charge in [0.15, 0.2) is 0 Å². The molecule has 0 unspecified atom stereocenters. The fourth-order valence-electron chi connectivity index (χ4n) is 1.26. The van der Waals surface area contributed by atoms with E-state index in [-0.39, 0.29) is 11.9 Å². The number of carbonyl (C=O) groups excluding carboxylic acids is 1.